The Labute approximate surface area is 179 Å². The third-order valence-electron chi connectivity index (χ3n) is 4.82. The van der Waals surface area contributed by atoms with Crippen molar-refractivity contribution in [3.63, 3.8) is 0 Å². The number of hydrogen-bond donors (Lipinski definition) is 1. The van der Waals surface area contributed by atoms with Crippen molar-refractivity contribution in [2.75, 3.05) is 38.0 Å². The second kappa shape index (κ2) is 9.15. The quantitative estimate of drug-likeness (QED) is 0.678. The number of anilines is 2. The average Bonchev–Trinajstić information content (AvgIpc) is 3.03. The number of likely N-dealkylation sites (N-methyl/N-ethyl adjacent to an activating group) is 1. The zero-order valence-electron chi connectivity index (χ0n) is 16.8. The van der Waals surface area contributed by atoms with Crippen molar-refractivity contribution in [2.24, 2.45) is 0 Å². The van der Waals surface area contributed by atoms with E-state index in [9.17, 15) is 14.4 Å². The van der Waals surface area contributed by atoms with Gasteiger partial charge in [-0.3, -0.25) is 19.3 Å². The summed E-state index contributed by atoms with van der Waals surface area (Å²) in [6, 6.07) is 10.9. The molecule has 0 aliphatic carbocycles. The fraction of sp³-hybridized carbons (Fsp3) is 0.286. The van der Waals surface area contributed by atoms with Crippen molar-refractivity contribution in [1.29, 1.82) is 0 Å². The highest BCUT2D eigenvalue weighted by atomic mass is 35.5. The van der Waals surface area contributed by atoms with Gasteiger partial charge in [-0.1, -0.05) is 23.7 Å². The van der Waals surface area contributed by atoms with Crippen LogP contribution in [0.1, 0.15) is 6.42 Å². The SMILES string of the molecule is COc1ccc(N2C(=O)C[C@H](N(C)CC(=O)Nc3ccccc3Cl)C2=O)c(OC)c1. The Morgan fingerprint density at radius 3 is 2.60 bits per heavy atom. The summed E-state index contributed by atoms with van der Waals surface area (Å²) < 4.78 is 10.5. The molecule has 1 aliphatic rings. The second-order valence-corrected chi connectivity index (χ2v) is 7.18. The molecule has 1 saturated heterocycles. The molecule has 2 aromatic rings. The maximum absolute atomic E-state index is 13.0. The number of ether oxygens (including phenoxy) is 2. The monoisotopic (exact) mass is 431 g/mol. The highest BCUT2D eigenvalue weighted by Gasteiger charge is 2.43. The van der Waals surface area contributed by atoms with Crippen LogP contribution in [0.15, 0.2) is 42.5 Å². The molecule has 0 spiro atoms. The Bertz CT molecular complexity index is 981. The molecule has 0 radical (unpaired) electrons. The topological polar surface area (TPSA) is 88.2 Å². The van der Waals surface area contributed by atoms with Gasteiger partial charge in [-0.05, 0) is 31.3 Å². The highest BCUT2D eigenvalue weighted by Crippen LogP contribution is 2.35. The van der Waals surface area contributed by atoms with Gasteiger partial charge >= 0.3 is 0 Å². The first-order chi connectivity index (χ1) is 14.3. The van der Waals surface area contributed by atoms with Gasteiger partial charge in [0.25, 0.3) is 5.91 Å². The smallest absolute Gasteiger partial charge is 0.251 e. The minimum atomic E-state index is -0.763. The number of methoxy groups -OCH3 is 2. The summed E-state index contributed by atoms with van der Waals surface area (Å²) >= 11 is 6.06. The molecule has 9 heteroatoms. The molecule has 1 heterocycles. The van der Waals surface area contributed by atoms with E-state index < -0.39 is 11.9 Å². The Kier molecular flexibility index (Phi) is 6.59. The van der Waals surface area contributed by atoms with Crippen molar-refractivity contribution >= 4 is 40.7 Å². The normalized spacial score (nSPS) is 16.2. The Morgan fingerprint density at radius 2 is 1.93 bits per heavy atom. The van der Waals surface area contributed by atoms with E-state index in [1.54, 1.807) is 54.4 Å². The van der Waals surface area contributed by atoms with Crippen molar-refractivity contribution in [2.45, 2.75) is 12.5 Å². The standard InChI is InChI=1S/C21H22ClN3O5/c1-24(12-19(26)23-15-7-5-4-6-14(15)22)17-11-20(27)25(21(17)28)16-9-8-13(29-2)10-18(16)30-3/h4-10,17H,11-12H2,1-3H3,(H,23,26)/t17-/m0/s1. The van der Waals surface area contributed by atoms with E-state index >= 15 is 0 Å². The minimum absolute atomic E-state index is 0.0378. The lowest BCUT2D eigenvalue weighted by Gasteiger charge is -2.23. The number of imide groups is 1. The Balaban J connectivity index is 1.72. The molecule has 1 fully saturated rings. The van der Waals surface area contributed by atoms with Gasteiger partial charge in [0.15, 0.2) is 0 Å². The molecule has 2 aromatic carbocycles. The van der Waals surface area contributed by atoms with E-state index in [-0.39, 0.29) is 24.8 Å². The zero-order valence-corrected chi connectivity index (χ0v) is 17.6. The molecule has 0 bridgehead atoms. The molecule has 0 unspecified atom stereocenters. The molecule has 8 nitrogen and oxygen atoms in total. The average molecular weight is 432 g/mol. The lowest BCUT2D eigenvalue weighted by atomic mass is 10.2. The number of carbonyl (C=O) groups is 3. The van der Waals surface area contributed by atoms with Gasteiger partial charge in [-0.2, -0.15) is 0 Å². The van der Waals surface area contributed by atoms with Gasteiger partial charge in [0.05, 0.1) is 49.6 Å². The zero-order chi connectivity index (χ0) is 21.8. The number of para-hydroxylation sites is 1. The summed E-state index contributed by atoms with van der Waals surface area (Å²) in [4.78, 5) is 40.6. The first kappa shape index (κ1) is 21.6. The summed E-state index contributed by atoms with van der Waals surface area (Å²) in [7, 11) is 4.59. The van der Waals surface area contributed by atoms with Gasteiger partial charge < -0.3 is 14.8 Å². The number of benzene rings is 2. The van der Waals surface area contributed by atoms with Crippen LogP contribution in [0.2, 0.25) is 5.02 Å². The van der Waals surface area contributed by atoms with Crippen LogP contribution in [-0.2, 0) is 14.4 Å². The van der Waals surface area contributed by atoms with Gasteiger partial charge in [-0.25, -0.2) is 4.90 Å². The number of hydrogen-bond acceptors (Lipinski definition) is 6. The predicted octanol–water partition coefficient (Wildman–Crippen LogP) is 2.56. The van der Waals surface area contributed by atoms with Gasteiger partial charge in [0.1, 0.15) is 11.5 Å². The Hall–Kier alpha value is -3.10. The van der Waals surface area contributed by atoms with Crippen LogP contribution in [0.3, 0.4) is 0 Å². The molecule has 0 aromatic heterocycles. The van der Waals surface area contributed by atoms with Crippen molar-refractivity contribution < 1.29 is 23.9 Å². The molecule has 3 amide bonds. The lowest BCUT2D eigenvalue weighted by molar-refractivity contribution is -0.123. The fourth-order valence-corrected chi connectivity index (χ4v) is 3.46. The molecule has 158 valence electrons. The third kappa shape index (κ3) is 4.39. The maximum Gasteiger partial charge on any atom is 0.251 e. The summed E-state index contributed by atoms with van der Waals surface area (Å²) in [5.41, 5.74) is 0.820. The van der Waals surface area contributed by atoms with E-state index in [0.717, 1.165) is 4.90 Å². The minimum Gasteiger partial charge on any atom is -0.497 e. The first-order valence-electron chi connectivity index (χ1n) is 9.19. The fourth-order valence-electron chi connectivity index (χ4n) is 3.27. The van der Waals surface area contributed by atoms with E-state index in [1.165, 1.54) is 14.2 Å². The van der Waals surface area contributed by atoms with Crippen molar-refractivity contribution in [3.8, 4) is 11.5 Å². The van der Waals surface area contributed by atoms with Crippen LogP contribution in [-0.4, -0.2) is 56.5 Å². The molecule has 30 heavy (non-hydrogen) atoms. The lowest BCUT2D eigenvalue weighted by Crippen LogP contribution is -2.43. The largest absolute Gasteiger partial charge is 0.497 e. The number of rotatable bonds is 7. The number of halogens is 1. The third-order valence-corrected chi connectivity index (χ3v) is 5.15. The van der Waals surface area contributed by atoms with Crippen LogP contribution in [0.5, 0.6) is 11.5 Å². The van der Waals surface area contributed by atoms with E-state index in [4.69, 9.17) is 21.1 Å². The molecule has 1 atom stereocenters. The van der Waals surface area contributed by atoms with Crippen molar-refractivity contribution in [3.05, 3.63) is 47.5 Å². The van der Waals surface area contributed by atoms with Gasteiger partial charge in [0, 0.05) is 6.07 Å². The number of nitrogens with one attached hydrogen (secondary N) is 1. The molecule has 0 saturated carbocycles. The summed E-state index contributed by atoms with van der Waals surface area (Å²) in [5, 5.41) is 3.12. The van der Waals surface area contributed by atoms with Gasteiger partial charge in [0.2, 0.25) is 11.8 Å². The maximum atomic E-state index is 13.0. The van der Waals surface area contributed by atoms with Gasteiger partial charge in [-0.15, -0.1) is 0 Å². The van der Waals surface area contributed by atoms with Crippen LogP contribution >= 0.6 is 11.6 Å². The highest BCUT2D eigenvalue weighted by molar-refractivity contribution is 6.33. The summed E-state index contributed by atoms with van der Waals surface area (Å²) in [5.74, 6) is -0.245. The summed E-state index contributed by atoms with van der Waals surface area (Å²) in [6.07, 6.45) is -0.0378. The van der Waals surface area contributed by atoms with Crippen LogP contribution < -0.4 is 19.7 Å². The number of carbonyl (C=O) groups excluding carboxylic acids is 3. The Morgan fingerprint density at radius 1 is 1.20 bits per heavy atom. The van der Waals surface area contributed by atoms with E-state index in [2.05, 4.69) is 5.32 Å². The van der Waals surface area contributed by atoms with Crippen molar-refractivity contribution in [1.82, 2.24) is 4.90 Å². The molecule has 1 N–H and O–H groups in total. The predicted molar refractivity (Wildman–Crippen MR) is 113 cm³/mol. The van der Waals surface area contributed by atoms with E-state index in [0.29, 0.717) is 27.9 Å². The van der Waals surface area contributed by atoms with Crippen LogP contribution in [0.4, 0.5) is 11.4 Å². The summed E-state index contributed by atoms with van der Waals surface area (Å²) in [6.45, 7) is -0.0809. The number of amides is 3. The number of nitrogens with zero attached hydrogens (tertiary/aromatic N) is 2. The molecule has 1 aliphatic heterocycles. The van der Waals surface area contributed by atoms with Crippen LogP contribution in [0.25, 0.3) is 0 Å². The molecular formula is C21H22ClN3O5. The molecular weight excluding hydrogens is 410 g/mol. The van der Waals surface area contributed by atoms with E-state index in [1.807, 2.05) is 0 Å². The molecule has 3 rings (SSSR count). The van der Waals surface area contributed by atoms with Crippen LogP contribution in [0, 0.1) is 0 Å². The first-order valence-corrected chi connectivity index (χ1v) is 9.57. The second-order valence-electron chi connectivity index (χ2n) is 6.77.